The number of hydrogen-bond donors (Lipinski definition) is 0. The average Bonchev–Trinajstić information content (AvgIpc) is 2.82. The number of fused-ring (bicyclic) bond motifs is 2. The third-order valence-electron chi connectivity index (χ3n) is 5.54. The van der Waals surface area contributed by atoms with Crippen LogP contribution in [0.15, 0.2) is 36.4 Å². The van der Waals surface area contributed by atoms with Gasteiger partial charge in [0.15, 0.2) is 11.6 Å². The Bertz CT molecular complexity index is 1190. The molecule has 2 aromatic carbocycles. The zero-order chi connectivity index (χ0) is 26.2. The highest BCUT2D eigenvalue weighted by molar-refractivity contribution is 6.12. The SMILES string of the molecule is CC(=O)OCCCN(C(C)=O)c1nnc(N(CCCOC(C)=O)C(C)=O)c2cc3ccccc3cc12. The molecule has 2 amide bonds. The Morgan fingerprint density at radius 1 is 0.694 bits per heavy atom. The number of nitrogens with zero attached hydrogens (tertiary/aromatic N) is 4. The molecule has 3 rings (SSSR count). The second-order valence-electron chi connectivity index (χ2n) is 8.32. The van der Waals surface area contributed by atoms with E-state index in [4.69, 9.17) is 9.47 Å². The highest BCUT2D eigenvalue weighted by Gasteiger charge is 2.23. The van der Waals surface area contributed by atoms with Crippen molar-refractivity contribution in [3.05, 3.63) is 36.4 Å². The minimum Gasteiger partial charge on any atom is -0.466 e. The Balaban J connectivity index is 2.08. The van der Waals surface area contributed by atoms with Gasteiger partial charge in [0.05, 0.1) is 13.2 Å². The fourth-order valence-electron chi connectivity index (χ4n) is 3.91. The summed E-state index contributed by atoms with van der Waals surface area (Å²) in [6.45, 7) is 6.43. The predicted molar refractivity (Wildman–Crippen MR) is 136 cm³/mol. The molecule has 0 aliphatic carbocycles. The number of anilines is 2. The lowest BCUT2D eigenvalue weighted by Crippen LogP contribution is -2.34. The second kappa shape index (κ2) is 12.1. The van der Waals surface area contributed by atoms with Crippen molar-refractivity contribution < 1.29 is 28.7 Å². The van der Waals surface area contributed by atoms with Crippen molar-refractivity contribution in [2.45, 2.75) is 40.5 Å². The van der Waals surface area contributed by atoms with E-state index in [9.17, 15) is 19.2 Å². The van der Waals surface area contributed by atoms with Crippen molar-refractivity contribution in [1.82, 2.24) is 10.2 Å². The fourth-order valence-corrected chi connectivity index (χ4v) is 3.91. The quantitative estimate of drug-likeness (QED) is 0.239. The number of hydrogen-bond acceptors (Lipinski definition) is 8. The summed E-state index contributed by atoms with van der Waals surface area (Å²) in [6.07, 6.45) is 0.848. The van der Waals surface area contributed by atoms with E-state index in [1.54, 1.807) is 0 Å². The molecular weight excluding hydrogens is 464 g/mol. The maximum absolute atomic E-state index is 12.6. The van der Waals surface area contributed by atoms with Gasteiger partial charge >= 0.3 is 11.9 Å². The monoisotopic (exact) mass is 494 g/mol. The molecule has 0 N–H and O–H groups in total. The van der Waals surface area contributed by atoms with Crippen molar-refractivity contribution in [2.24, 2.45) is 0 Å². The van der Waals surface area contributed by atoms with Crippen LogP contribution in [0.4, 0.5) is 11.6 Å². The first-order valence-corrected chi connectivity index (χ1v) is 11.7. The number of benzene rings is 2. The number of rotatable bonds is 10. The summed E-state index contributed by atoms with van der Waals surface area (Å²) >= 11 is 0. The summed E-state index contributed by atoms with van der Waals surface area (Å²) in [5, 5.41) is 12.0. The lowest BCUT2D eigenvalue weighted by Gasteiger charge is -2.25. The molecule has 0 spiro atoms. The molecule has 1 aromatic heterocycles. The standard InChI is InChI=1S/C26H30N4O6/c1-17(31)29(11-7-13-35-19(3)33)25-23-15-21-9-5-6-10-22(21)16-24(23)26(28-27-25)30(18(2)32)12-8-14-36-20(4)34/h5-6,9-10,15-16H,7-8,11-14H2,1-4H3. The summed E-state index contributed by atoms with van der Waals surface area (Å²) in [4.78, 5) is 50.3. The van der Waals surface area contributed by atoms with Gasteiger partial charge < -0.3 is 9.47 Å². The number of ether oxygens (including phenoxy) is 2. The Morgan fingerprint density at radius 2 is 1.08 bits per heavy atom. The van der Waals surface area contributed by atoms with Gasteiger partial charge in [0.2, 0.25) is 11.8 Å². The van der Waals surface area contributed by atoms with Crippen LogP contribution in [0.3, 0.4) is 0 Å². The van der Waals surface area contributed by atoms with Gasteiger partial charge in [-0.2, -0.15) is 0 Å². The third kappa shape index (κ3) is 6.53. The van der Waals surface area contributed by atoms with E-state index in [0.717, 1.165) is 10.8 Å². The Morgan fingerprint density at radius 3 is 1.42 bits per heavy atom. The molecule has 0 bridgehead atoms. The topological polar surface area (TPSA) is 119 Å². The van der Waals surface area contributed by atoms with E-state index < -0.39 is 0 Å². The predicted octanol–water partition coefficient (Wildman–Crippen LogP) is 3.40. The Kier molecular flexibility index (Phi) is 8.88. The molecule has 0 saturated heterocycles. The Hall–Kier alpha value is -4.08. The van der Waals surface area contributed by atoms with E-state index in [2.05, 4.69) is 10.2 Å². The van der Waals surface area contributed by atoms with Crippen molar-refractivity contribution in [3.63, 3.8) is 0 Å². The lowest BCUT2D eigenvalue weighted by atomic mass is 10.0. The molecule has 10 nitrogen and oxygen atoms in total. The molecule has 0 aliphatic rings. The number of amides is 2. The minimum atomic E-state index is -0.386. The summed E-state index contributed by atoms with van der Waals surface area (Å²) in [5.41, 5.74) is 0. The maximum atomic E-state index is 12.6. The molecule has 190 valence electrons. The van der Waals surface area contributed by atoms with E-state index in [0.29, 0.717) is 35.2 Å². The van der Waals surface area contributed by atoms with E-state index >= 15 is 0 Å². The van der Waals surface area contributed by atoms with E-state index in [1.807, 2.05) is 36.4 Å². The van der Waals surface area contributed by atoms with Crippen molar-refractivity contribution in [2.75, 3.05) is 36.1 Å². The van der Waals surface area contributed by atoms with Gasteiger partial charge in [-0.25, -0.2) is 0 Å². The van der Waals surface area contributed by atoms with Crippen LogP contribution in [-0.4, -0.2) is 60.3 Å². The van der Waals surface area contributed by atoms with Crippen LogP contribution < -0.4 is 9.80 Å². The van der Waals surface area contributed by atoms with Gasteiger partial charge in [0.25, 0.3) is 0 Å². The van der Waals surface area contributed by atoms with Gasteiger partial charge in [0, 0.05) is 51.6 Å². The van der Waals surface area contributed by atoms with Crippen LogP contribution >= 0.6 is 0 Å². The molecule has 0 radical (unpaired) electrons. The van der Waals surface area contributed by atoms with Gasteiger partial charge in [-0.15, -0.1) is 10.2 Å². The molecule has 10 heteroatoms. The molecule has 0 fully saturated rings. The van der Waals surface area contributed by atoms with Gasteiger partial charge in [-0.05, 0) is 35.7 Å². The first-order valence-electron chi connectivity index (χ1n) is 11.7. The van der Waals surface area contributed by atoms with E-state index in [1.165, 1.54) is 37.5 Å². The molecule has 0 saturated carbocycles. The summed E-state index contributed by atoms with van der Waals surface area (Å²) in [7, 11) is 0. The van der Waals surface area contributed by atoms with Crippen LogP contribution in [0.1, 0.15) is 40.5 Å². The fraction of sp³-hybridized carbons (Fsp3) is 0.385. The smallest absolute Gasteiger partial charge is 0.302 e. The van der Waals surface area contributed by atoms with Crippen LogP contribution in [-0.2, 0) is 28.7 Å². The molecule has 3 aromatic rings. The van der Waals surface area contributed by atoms with Crippen LogP contribution in [0.5, 0.6) is 0 Å². The van der Waals surface area contributed by atoms with Gasteiger partial charge in [0.1, 0.15) is 0 Å². The van der Waals surface area contributed by atoms with Crippen molar-refractivity contribution in [1.29, 1.82) is 0 Å². The van der Waals surface area contributed by atoms with Crippen LogP contribution in [0.25, 0.3) is 21.5 Å². The first kappa shape index (κ1) is 26.5. The average molecular weight is 495 g/mol. The molecule has 0 atom stereocenters. The molecule has 1 heterocycles. The number of aromatic nitrogens is 2. The van der Waals surface area contributed by atoms with Crippen LogP contribution in [0.2, 0.25) is 0 Å². The summed E-state index contributed by atoms with van der Waals surface area (Å²) in [6, 6.07) is 11.6. The first-order chi connectivity index (χ1) is 17.2. The third-order valence-corrected chi connectivity index (χ3v) is 5.54. The number of carbonyl (C=O) groups is 4. The normalized spacial score (nSPS) is 10.8. The maximum Gasteiger partial charge on any atom is 0.302 e. The largest absolute Gasteiger partial charge is 0.466 e. The summed E-state index contributed by atoms with van der Waals surface area (Å²) in [5.74, 6) is -0.526. The molecule has 36 heavy (non-hydrogen) atoms. The van der Waals surface area contributed by atoms with Gasteiger partial charge in [-0.3, -0.25) is 29.0 Å². The van der Waals surface area contributed by atoms with E-state index in [-0.39, 0.29) is 50.1 Å². The minimum absolute atomic E-state index is 0.173. The van der Waals surface area contributed by atoms with Crippen molar-refractivity contribution in [3.8, 4) is 0 Å². The zero-order valence-corrected chi connectivity index (χ0v) is 20.9. The summed E-state index contributed by atoms with van der Waals surface area (Å²) < 4.78 is 10.0. The van der Waals surface area contributed by atoms with Gasteiger partial charge in [-0.1, -0.05) is 24.3 Å². The molecular formula is C26H30N4O6. The van der Waals surface area contributed by atoms with Crippen LogP contribution in [0, 0.1) is 0 Å². The lowest BCUT2D eigenvalue weighted by molar-refractivity contribution is -0.142. The molecule has 0 unspecified atom stereocenters. The highest BCUT2D eigenvalue weighted by Crippen LogP contribution is 2.34. The number of esters is 2. The van der Waals surface area contributed by atoms with Crippen molar-refractivity contribution >= 4 is 56.9 Å². The number of carbonyl (C=O) groups excluding carboxylic acids is 4. The zero-order valence-electron chi connectivity index (χ0n) is 20.9. The second-order valence-corrected chi connectivity index (χ2v) is 8.32. The highest BCUT2D eigenvalue weighted by atomic mass is 16.5. The Labute approximate surface area is 209 Å². The molecule has 0 aliphatic heterocycles.